The van der Waals surface area contributed by atoms with Crippen molar-refractivity contribution in [3.05, 3.63) is 46.8 Å². The molecule has 0 spiro atoms. The maximum absolute atomic E-state index is 5.62. The van der Waals surface area contributed by atoms with Crippen LogP contribution >= 0.6 is 15.9 Å². The minimum Gasteiger partial charge on any atom is -0.492 e. The quantitative estimate of drug-likeness (QED) is 0.643. The Morgan fingerprint density at radius 3 is 2.65 bits per heavy atom. The highest BCUT2D eigenvalue weighted by Gasteiger charge is 2.06. The van der Waals surface area contributed by atoms with E-state index in [0.717, 1.165) is 22.0 Å². The van der Waals surface area contributed by atoms with Crippen molar-refractivity contribution in [2.24, 2.45) is 0 Å². The Morgan fingerprint density at radius 1 is 1.20 bits per heavy atom. The van der Waals surface area contributed by atoms with Gasteiger partial charge in [-0.25, -0.2) is 9.97 Å². The van der Waals surface area contributed by atoms with E-state index in [4.69, 9.17) is 4.74 Å². The number of halogens is 1. The van der Waals surface area contributed by atoms with Gasteiger partial charge in [-0.2, -0.15) is 0 Å². The van der Waals surface area contributed by atoms with Crippen molar-refractivity contribution < 1.29 is 4.74 Å². The number of ether oxygens (including phenoxy) is 1. The van der Waals surface area contributed by atoms with Crippen molar-refractivity contribution in [3.8, 4) is 5.75 Å². The van der Waals surface area contributed by atoms with E-state index in [0.29, 0.717) is 19.1 Å². The second kappa shape index (κ2) is 7.24. The number of hydrogen-bond acceptors (Lipinski definition) is 4. The van der Waals surface area contributed by atoms with Gasteiger partial charge < -0.3 is 10.1 Å². The summed E-state index contributed by atoms with van der Waals surface area (Å²) >= 11 is 3.40. The summed E-state index contributed by atoms with van der Waals surface area (Å²) in [5, 5.41) is 3.24. The van der Waals surface area contributed by atoms with Crippen LogP contribution in [0.1, 0.15) is 25.6 Å². The molecule has 0 bridgehead atoms. The van der Waals surface area contributed by atoms with Crippen LogP contribution in [0.4, 0.5) is 5.82 Å². The van der Waals surface area contributed by atoms with Crippen LogP contribution in [-0.2, 0) is 0 Å². The summed E-state index contributed by atoms with van der Waals surface area (Å²) in [5.74, 6) is 2.81. The summed E-state index contributed by atoms with van der Waals surface area (Å²) in [6.07, 6.45) is 0. The van der Waals surface area contributed by atoms with Gasteiger partial charge in [-0.15, -0.1) is 0 Å². The first-order valence-electron chi connectivity index (χ1n) is 6.61. The van der Waals surface area contributed by atoms with Gasteiger partial charge in [0.2, 0.25) is 0 Å². The molecule has 0 aliphatic carbocycles. The van der Waals surface area contributed by atoms with Gasteiger partial charge in [0.1, 0.15) is 28.6 Å². The molecule has 0 aliphatic rings. The molecule has 0 amide bonds. The predicted molar refractivity (Wildman–Crippen MR) is 84.2 cm³/mol. The molecule has 20 heavy (non-hydrogen) atoms. The number of aromatic nitrogens is 2. The van der Waals surface area contributed by atoms with Crippen LogP contribution in [0.15, 0.2) is 41.0 Å². The van der Waals surface area contributed by atoms with Crippen LogP contribution in [-0.4, -0.2) is 23.1 Å². The first-order valence-corrected chi connectivity index (χ1v) is 7.40. The molecule has 5 heteroatoms. The third-order valence-corrected chi connectivity index (χ3v) is 3.05. The standard InChI is InChI=1S/C15H18BrN3O/c1-11(2)15-18-13(16)10-14(19-15)17-8-9-20-12-6-4-3-5-7-12/h3-7,10-11H,8-9H2,1-2H3,(H,17,18,19). The van der Waals surface area contributed by atoms with Gasteiger partial charge in [0, 0.05) is 12.0 Å². The second-order valence-corrected chi connectivity index (χ2v) is 5.49. The lowest BCUT2D eigenvalue weighted by molar-refractivity contribution is 0.332. The molecule has 1 aromatic heterocycles. The van der Waals surface area contributed by atoms with Gasteiger partial charge >= 0.3 is 0 Å². The van der Waals surface area contributed by atoms with Gasteiger partial charge in [-0.3, -0.25) is 0 Å². The molecule has 2 rings (SSSR count). The van der Waals surface area contributed by atoms with Gasteiger partial charge in [0.15, 0.2) is 0 Å². The van der Waals surface area contributed by atoms with Crippen molar-refractivity contribution in [2.75, 3.05) is 18.5 Å². The largest absolute Gasteiger partial charge is 0.492 e. The lowest BCUT2D eigenvalue weighted by Crippen LogP contribution is -2.13. The van der Waals surface area contributed by atoms with Crippen molar-refractivity contribution in [3.63, 3.8) is 0 Å². The average molecular weight is 336 g/mol. The van der Waals surface area contributed by atoms with Gasteiger partial charge in [-0.05, 0) is 28.1 Å². The topological polar surface area (TPSA) is 47.0 Å². The number of para-hydroxylation sites is 1. The Labute approximate surface area is 127 Å². The third kappa shape index (κ3) is 4.49. The maximum Gasteiger partial charge on any atom is 0.134 e. The molecule has 106 valence electrons. The summed E-state index contributed by atoms with van der Waals surface area (Å²) in [5.41, 5.74) is 0. The first kappa shape index (κ1) is 14.8. The average Bonchev–Trinajstić information content (AvgIpc) is 2.44. The van der Waals surface area contributed by atoms with E-state index in [1.807, 2.05) is 36.4 Å². The maximum atomic E-state index is 5.62. The van der Waals surface area contributed by atoms with Gasteiger partial charge in [0.05, 0.1) is 6.54 Å². The molecular formula is C15H18BrN3O. The minimum absolute atomic E-state index is 0.300. The molecule has 2 aromatic rings. The highest BCUT2D eigenvalue weighted by atomic mass is 79.9. The fourth-order valence-electron chi connectivity index (χ4n) is 1.65. The number of nitrogens with zero attached hydrogens (tertiary/aromatic N) is 2. The molecule has 0 saturated heterocycles. The first-order chi connectivity index (χ1) is 9.65. The Morgan fingerprint density at radius 2 is 1.95 bits per heavy atom. The van der Waals surface area contributed by atoms with E-state index in [-0.39, 0.29) is 0 Å². The molecular weight excluding hydrogens is 318 g/mol. The van der Waals surface area contributed by atoms with E-state index in [2.05, 4.69) is 45.1 Å². The Bertz CT molecular complexity index is 546. The number of rotatable bonds is 6. The van der Waals surface area contributed by atoms with Crippen LogP contribution in [0.5, 0.6) is 5.75 Å². The van der Waals surface area contributed by atoms with E-state index in [1.165, 1.54) is 0 Å². The van der Waals surface area contributed by atoms with Crippen LogP contribution in [0.2, 0.25) is 0 Å². The zero-order valence-corrected chi connectivity index (χ0v) is 13.2. The predicted octanol–water partition coefficient (Wildman–Crippen LogP) is 3.85. The minimum atomic E-state index is 0.300. The Balaban J connectivity index is 1.85. The van der Waals surface area contributed by atoms with E-state index < -0.39 is 0 Å². The highest BCUT2D eigenvalue weighted by molar-refractivity contribution is 9.10. The van der Waals surface area contributed by atoms with E-state index >= 15 is 0 Å². The van der Waals surface area contributed by atoms with Crippen molar-refractivity contribution in [1.29, 1.82) is 0 Å². The molecule has 0 radical (unpaired) electrons. The summed E-state index contributed by atoms with van der Waals surface area (Å²) in [6.45, 7) is 5.42. The molecule has 4 nitrogen and oxygen atoms in total. The van der Waals surface area contributed by atoms with Crippen LogP contribution in [0.25, 0.3) is 0 Å². The van der Waals surface area contributed by atoms with E-state index in [9.17, 15) is 0 Å². The Hall–Kier alpha value is -1.62. The SMILES string of the molecule is CC(C)c1nc(Br)cc(NCCOc2ccccc2)n1. The van der Waals surface area contributed by atoms with Crippen molar-refractivity contribution in [2.45, 2.75) is 19.8 Å². The smallest absolute Gasteiger partial charge is 0.134 e. The zero-order chi connectivity index (χ0) is 14.4. The molecule has 0 aliphatic heterocycles. The summed E-state index contributed by atoms with van der Waals surface area (Å²) in [6, 6.07) is 11.6. The number of anilines is 1. The Kier molecular flexibility index (Phi) is 5.35. The monoisotopic (exact) mass is 335 g/mol. The summed E-state index contributed by atoms with van der Waals surface area (Å²) < 4.78 is 6.41. The van der Waals surface area contributed by atoms with Crippen LogP contribution < -0.4 is 10.1 Å². The lowest BCUT2D eigenvalue weighted by Gasteiger charge is -2.10. The molecule has 0 fully saturated rings. The third-order valence-electron chi connectivity index (χ3n) is 2.65. The lowest BCUT2D eigenvalue weighted by atomic mass is 10.2. The number of benzene rings is 1. The molecule has 0 unspecified atom stereocenters. The molecule has 0 saturated carbocycles. The fraction of sp³-hybridized carbons (Fsp3) is 0.333. The molecule has 1 aromatic carbocycles. The zero-order valence-electron chi connectivity index (χ0n) is 11.6. The molecule has 0 atom stereocenters. The summed E-state index contributed by atoms with van der Waals surface area (Å²) in [7, 11) is 0. The van der Waals surface area contributed by atoms with Crippen molar-refractivity contribution >= 4 is 21.7 Å². The second-order valence-electron chi connectivity index (χ2n) is 4.68. The number of hydrogen-bond donors (Lipinski definition) is 1. The van der Waals surface area contributed by atoms with Crippen LogP contribution in [0, 0.1) is 0 Å². The fourth-order valence-corrected chi connectivity index (χ4v) is 2.05. The molecule has 1 N–H and O–H groups in total. The summed E-state index contributed by atoms with van der Waals surface area (Å²) in [4.78, 5) is 8.81. The van der Waals surface area contributed by atoms with E-state index in [1.54, 1.807) is 0 Å². The number of nitrogens with one attached hydrogen (secondary N) is 1. The van der Waals surface area contributed by atoms with Gasteiger partial charge in [-0.1, -0.05) is 32.0 Å². The highest BCUT2D eigenvalue weighted by Crippen LogP contribution is 2.17. The molecule has 1 heterocycles. The van der Waals surface area contributed by atoms with Gasteiger partial charge in [0.25, 0.3) is 0 Å². The van der Waals surface area contributed by atoms with Crippen LogP contribution in [0.3, 0.4) is 0 Å². The normalized spacial score (nSPS) is 10.6. The van der Waals surface area contributed by atoms with Crippen molar-refractivity contribution in [1.82, 2.24) is 9.97 Å².